The monoisotopic (exact) mass is 443 g/mol. The molecule has 0 heterocycles. The van der Waals surface area contributed by atoms with Gasteiger partial charge < -0.3 is 5.11 Å². The van der Waals surface area contributed by atoms with Gasteiger partial charge in [-0.2, -0.15) is 13.2 Å². The third-order valence-electron chi connectivity index (χ3n) is 5.44. The molecule has 2 rings (SSSR count). The molecule has 0 aromatic heterocycles. The van der Waals surface area contributed by atoms with Crippen LogP contribution in [0.1, 0.15) is 64.2 Å². The number of rotatable bonds is 8. The maximum atomic E-state index is 13.3. The Hall–Kier alpha value is -0.700. The molecule has 0 aliphatic heterocycles. The Morgan fingerprint density at radius 1 is 0.964 bits per heavy atom. The predicted molar refractivity (Wildman–Crippen MR) is 105 cm³/mol. The Balaban J connectivity index is 2.38. The van der Waals surface area contributed by atoms with E-state index in [0.717, 1.165) is 64.2 Å². The first-order chi connectivity index (χ1) is 13.2. The van der Waals surface area contributed by atoms with Crippen LogP contribution in [0.5, 0.6) is 0 Å². The van der Waals surface area contributed by atoms with Crippen molar-refractivity contribution >= 4 is 31.0 Å². The molecule has 0 bridgehead atoms. The molecule has 162 valence electrons. The molecule has 0 aromatic carbocycles. The van der Waals surface area contributed by atoms with E-state index in [1.54, 1.807) is 0 Å². The molecule has 28 heavy (non-hydrogen) atoms. The van der Waals surface area contributed by atoms with Crippen molar-refractivity contribution in [2.45, 2.75) is 88.0 Å². The summed E-state index contributed by atoms with van der Waals surface area (Å²) in [5, 5.41) is 15.6. The van der Waals surface area contributed by atoms with E-state index in [-0.39, 0.29) is 12.1 Å². The van der Waals surface area contributed by atoms with E-state index < -0.39 is 37.5 Å². The van der Waals surface area contributed by atoms with Gasteiger partial charge in [0.2, 0.25) is 0 Å². The van der Waals surface area contributed by atoms with Gasteiger partial charge in [-0.3, -0.25) is 25.1 Å². The smallest absolute Gasteiger partial charge is 0.471 e. The molecule has 3 N–H and O–H groups in total. The van der Waals surface area contributed by atoms with Crippen LogP contribution in [0.4, 0.5) is 13.2 Å². The fourth-order valence-corrected chi connectivity index (χ4v) is 5.82. The third-order valence-corrected chi connectivity index (χ3v) is 7.45. The summed E-state index contributed by atoms with van der Waals surface area (Å²) >= 11 is 5.30. The van der Waals surface area contributed by atoms with E-state index in [1.165, 1.54) is 0 Å². The second-order valence-electron chi connectivity index (χ2n) is 7.63. The zero-order valence-electron chi connectivity index (χ0n) is 15.8. The minimum absolute atomic E-state index is 0.0994. The van der Waals surface area contributed by atoms with Crippen LogP contribution in [-0.4, -0.2) is 52.2 Å². The number of hydrogen-bond acceptors (Lipinski definition) is 5. The number of aliphatic carboxylic acids is 1. The molecule has 1 atom stereocenters. The minimum atomic E-state index is -5.17. The van der Waals surface area contributed by atoms with Crippen LogP contribution in [0.15, 0.2) is 0 Å². The van der Waals surface area contributed by atoms with Gasteiger partial charge >= 0.3 is 18.1 Å². The van der Waals surface area contributed by atoms with Gasteiger partial charge in [-0.05, 0) is 33.0 Å². The van der Waals surface area contributed by atoms with Gasteiger partial charge in [-0.1, -0.05) is 50.3 Å². The highest BCUT2D eigenvalue weighted by Crippen LogP contribution is 2.33. The lowest BCUT2D eigenvalue weighted by atomic mass is 9.94. The average Bonchev–Trinajstić information content (AvgIpc) is 2.66. The molecule has 0 saturated heterocycles. The maximum absolute atomic E-state index is 13.3. The largest absolute Gasteiger partial charge is 0.480 e. The summed E-state index contributed by atoms with van der Waals surface area (Å²) < 4.78 is 39.9. The number of nitrogens with zero attached hydrogens (tertiary/aromatic N) is 1. The summed E-state index contributed by atoms with van der Waals surface area (Å²) in [4.78, 5) is 24.0. The fraction of sp³-hybridized carbons (Fsp3) is 0.882. The maximum Gasteiger partial charge on any atom is 0.471 e. The van der Waals surface area contributed by atoms with E-state index in [0.29, 0.717) is 4.90 Å². The van der Waals surface area contributed by atoms with E-state index >= 15 is 0 Å². The number of hydrogen-bond donors (Lipinski definition) is 3. The Morgan fingerprint density at radius 3 is 1.71 bits per heavy atom. The second kappa shape index (κ2) is 10.4. The Labute approximate surface area is 169 Å². The summed E-state index contributed by atoms with van der Waals surface area (Å²) in [5.41, 5.74) is -1.63. The molecule has 1 amide bonds. The molecule has 0 aromatic rings. The van der Waals surface area contributed by atoms with Crippen LogP contribution in [0.2, 0.25) is 0 Å². The summed E-state index contributed by atoms with van der Waals surface area (Å²) in [6.07, 6.45) is 3.78. The number of carbonyl (C=O) groups is 2. The van der Waals surface area contributed by atoms with E-state index in [9.17, 15) is 27.9 Å². The Kier molecular flexibility index (Phi) is 8.73. The van der Waals surface area contributed by atoms with E-state index in [1.807, 2.05) is 0 Å². The van der Waals surface area contributed by atoms with Crippen LogP contribution in [0, 0.1) is 0 Å². The molecule has 1 unspecified atom stereocenters. The van der Waals surface area contributed by atoms with Crippen LogP contribution in [0.25, 0.3) is 0 Å². The first-order valence-corrected chi connectivity index (χ1v) is 12.3. The molecule has 0 spiro atoms. The molecular weight excluding hydrogens is 414 g/mol. The van der Waals surface area contributed by atoms with Crippen molar-refractivity contribution in [2.75, 3.05) is 6.54 Å². The van der Waals surface area contributed by atoms with Crippen molar-refractivity contribution in [3.63, 3.8) is 0 Å². The molecule has 2 aliphatic rings. The van der Waals surface area contributed by atoms with Gasteiger partial charge in [0.25, 0.3) is 0 Å². The van der Waals surface area contributed by atoms with E-state index in [4.69, 9.17) is 11.8 Å². The summed E-state index contributed by atoms with van der Waals surface area (Å²) in [5.74, 6) is -3.67. The van der Waals surface area contributed by atoms with Gasteiger partial charge in [-0.25, -0.2) is 0 Å². The topological polar surface area (TPSA) is 81.7 Å². The number of carboxylic acid groups (broad SMARTS) is 1. The lowest BCUT2D eigenvalue weighted by Gasteiger charge is -2.47. The lowest BCUT2D eigenvalue weighted by Crippen LogP contribution is -2.71. The van der Waals surface area contributed by atoms with Gasteiger partial charge in [0.1, 0.15) is 6.54 Å². The number of amides is 1. The number of nitrogens with one attached hydrogen (secondary N) is 2. The molecule has 6 nitrogen and oxygen atoms in total. The first kappa shape index (κ1) is 23.6. The number of carboxylic acids is 1. The van der Waals surface area contributed by atoms with E-state index in [2.05, 4.69) is 10.6 Å². The molecule has 0 radical (unpaired) electrons. The van der Waals surface area contributed by atoms with Crippen LogP contribution in [-0.2, 0) is 21.4 Å². The van der Waals surface area contributed by atoms with Crippen LogP contribution in [0.3, 0.4) is 0 Å². The molecular formula is C17H29F3N3O3PS. The number of alkyl halides is 3. The molecule has 2 aliphatic carbocycles. The minimum Gasteiger partial charge on any atom is -0.480 e. The van der Waals surface area contributed by atoms with Crippen molar-refractivity contribution in [1.29, 1.82) is 0 Å². The Morgan fingerprint density at radius 2 is 1.39 bits per heavy atom. The summed E-state index contributed by atoms with van der Waals surface area (Å²) in [6, 6.07) is -0.199. The van der Waals surface area contributed by atoms with Gasteiger partial charge in [0.05, 0.1) is 0 Å². The quantitative estimate of drug-likeness (QED) is 0.395. The zero-order valence-corrected chi connectivity index (χ0v) is 17.7. The highest BCUT2D eigenvalue weighted by molar-refractivity contribution is 7.97. The highest BCUT2D eigenvalue weighted by atomic mass is 32.4. The van der Waals surface area contributed by atoms with Gasteiger partial charge in [0, 0.05) is 12.1 Å². The first-order valence-electron chi connectivity index (χ1n) is 9.80. The average molecular weight is 443 g/mol. The molecule has 11 heteroatoms. The number of halogens is 3. The van der Waals surface area contributed by atoms with Crippen LogP contribution < -0.4 is 10.6 Å². The summed E-state index contributed by atoms with van der Waals surface area (Å²) in [6.45, 7) is -1.05. The van der Waals surface area contributed by atoms with Crippen molar-refractivity contribution in [3.8, 4) is 0 Å². The van der Waals surface area contributed by atoms with Crippen molar-refractivity contribution < 1.29 is 27.9 Å². The third kappa shape index (κ3) is 6.40. The predicted octanol–water partition coefficient (Wildman–Crippen LogP) is 2.79. The van der Waals surface area contributed by atoms with Crippen molar-refractivity contribution in [3.05, 3.63) is 0 Å². The SMILES string of the molecule is O=C(O)CN(C(=O)C(F)(F)F)C(NC1CCCCC1)(NC1CCCCC1)[PH2]=S. The zero-order chi connectivity index (χ0) is 20.8. The standard InChI is InChI=1S/C17H29F3N3O3PS/c18-16(19,20)15(26)23(11-14(24)25)17(27-28,21-12-7-3-1-4-8-12)22-13-9-5-2-6-10-13/h12-13,21-22H,1-11,27H2,(H,24,25). The van der Waals surface area contributed by atoms with Crippen LogP contribution >= 0.6 is 7.36 Å². The second-order valence-corrected chi connectivity index (χ2v) is 9.40. The molecule has 2 saturated carbocycles. The Bertz CT molecular complexity index is 548. The lowest BCUT2D eigenvalue weighted by molar-refractivity contribution is -0.192. The van der Waals surface area contributed by atoms with Gasteiger partial charge in [-0.15, -0.1) is 0 Å². The van der Waals surface area contributed by atoms with Crippen molar-refractivity contribution in [1.82, 2.24) is 15.5 Å². The fourth-order valence-electron chi connectivity index (χ4n) is 4.09. The highest BCUT2D eigenvalue weighted by Gasteiger charge is 2.51. The molecule has 2 fully saturated rings. The van der Waals surface area contributed by atoms with Crippen molar-refractivity contribution in [2.24, 2.45) is 0 Å². The normalized spacial score (nSPS) is 20.5. The number of carbonyl (C=O) groups excluding carboxylic acids is 1. The van der Waals surface area contributed by atoms with Gasteiger partial charge in [0.15, 0.2) is 5.53 Å². The summed E-state index contributed by atoms with van der Waals surface area (Å²) in [7, 11) is -1.17.